The number of halogens is 1. The predicted molar refractivity (Wildman–Crippen MR) is 103 cm³/mol. The first kappa shape index (κ1) is 18.4. The summed E-state index contributed by atoms with van der Waals surface area (Å²) in [6.07, 6.45) is 0.796. The molecule has 0 spiro atoms. The Morgan fingerprint density at radius 3 is 2.54 bits per heavy atom. The molecule has 1 amide bonds. The van der Waals surface area contributed by atoms with Crippen molar-refractivity contribution in [2.45, 2.75) is 6.42 Å². The van der Waals surface area contributed by atoms with Gasteiger partial charge in [0, 0.05) is 44.4 Å². The van der Waals surface area contributed by atoms with Gasteiger partial charge in [-0.3, -0.25) is 4.79 Å². The maximum atomic E-state index is 12.5. The fourth-order valence-corrected chi connectivity index (χ4v) is 3.06. The van der Waals surface area contributed by atoms with Gasteiger partial charge in [-0.2, -0.15) is 4.98 Å². The lowest BCUT2D eigenvalue weighted by Gasteiger charge is -2.32. The molecule has 8 heteroatoms. The second-order valence-electron chi connectivity index (χ2n) is 6.40. The molecule has 26 heavy (non-hydrogen) atoms. The smallest absolute Gasteiger partial charge is 0.253 e. The van der Waals surface area contributed by atoms with Crippen molar-refractivity contribution in [1.82, 2.24) is 19.8 Å². The Hall–Kier alpha value is -2.38. The molecule has 2 aromatic rings. The summed E-state index contributed by atoms with van der Waals surface area (Å²) in [6, 6.07) is 9.42. The van der Waals surface area contributed by atoms with Crippen LogP contribution in [-0.2, 0) is 6.42 Å². The molecule has 1 aliphatic rings. The van der Waals surface area contributed by atoms with Gasteiger partial charge < -0.3 is 20.9 Å². The lowest BCUT2D eigenvalue weighted by molar-refractivity contribution is 0.0664. The van der Waals surface area contributed by atoms with Crippen molar-refractivity contribution in [3.8, 4) is 0 Å². The fraction of sp³-hybridized carbons (Fsp3) is 0.389. The van der Waals surface area contributed by atoms with Crippen molar-refractivity contribution in [2.24, 2.45) is 0 Å². The molecule has 1 saturated heterocycles. The van der Waals surface area contributed by atoms with Crippen molar-refractivity contribution in [1.29, 1.82) is 0 Å². The molecule has 1 aromatic heterocycles. The van der Waals surface area contributed by atoms with Gasteiger partial charge in [-0.15, -0.1) is 0 Å². The van der Waals surface area contributed by atoms with Crippen LogP contribution in [0.4, 0.5) is 11.8 Å². The third-order valence-corrected chi connectivity index (χ3v) is 4.62. The molecule has 0 aliphatic carbocycles. The van der Waals surface area contributed by atoms with Crippen LogP contribution in [0, 0.1) is 0 Å². The highest BCUT2D eigenvalue weighted by atomic mass is 35.5. The van der Waals surface area contributed by atoms with Gasteiger partial charge in [0.1, 0.15) is 11.0 Å². The van der Waals surface area contributed by atoms with Crippen LogP contribution in [-0.4, -0.2) is 65.4 Å². The Kier molecular flexibility index (Phi) is 5.90. The van der Waals surface area contributed by atoms with E-state index in [-0.39, 0.29) is 11.9 Å². The Morgan fingerprint density at radius 2 is 1.88 bits per heavy atom. The van der Waals surface area contributed by atoms with Crippen molar-refractivity contribution in [3.63, 3.8) is 0 Å². The van der Waals surface area contributed by atoms with Crippen molar-refractivity contribution >= 4 is 29.3 Å². The Bertz CT molecular complexity index is 739. The number of carbonyl (C=O) groups is 1. The zero-order valence-electron chi connectivity index (χ0n) is 14.8. The number of rotatable bonds is 5. The molecule has 138 valence electrons. The molecule has 0 saturated carbocycles. The number of hydrogen-bond acceptors (Lipinski definition) is 6. The maximum absolute atomic E-state index is 12.5. The van der Waals surface area contributed by atoms with Crippen molar-refractivity contribution in [2.75, 3.05) is 50.8 Å². The van der Waals surface area contributed by atoms with Gasteiger partial charge in [0.25, 0.3) is 5.91 Å². The molecule has 1 fully saturated rings. The van der Waals surface area contributed by atoms with E-state index >= 15 is 0 Å². The molecular weight excluding hydrogens is 352 g/mol. The third-order valence-electron chi connectivity index (χ3n) is 4.42. The van der Waals surface area contributed by atoms with Crippen LogP contribution >= 0.6 is 11.6 Å². The number of hydrogen-bond donors (Lipinski definition) is 2. The lowest BCUT2D eigenvalue weighted by Crippen LogP contribution is -2.47. The lowest BCUT2D eigenvalue weighted by atomic mass is 10.1. The average Bonchev–Trinajstić information content (AvgIpc) is 2.62. The number of carbonyl (C=O) groups excluding carboxylic acids is 1. The Morgan fingerprint density at radius 1 is 1.19 bits per heavy atom. The molecule has 1 aromatic carbocycles. The molecule has 0 radical (unpaired) electrons. The van der Waals surface area contributed by atoms with Gasteiger partial charge in [0.2, 0.25) is 5.95 Å². The minimum atomic E-state index is 0.105. The second kappa shape index (κ2) is 8.33. The van der Waals surface area contributed by atoms with E-state index in [1.807, 2.05) is 29.2 Å². The van der Waals surface area contributed by atoms with E-state index in [1.54, 1.807) is 6.07 Å². The summed E-state index contributed by atoms with van der Waals surface area (Å²) < 4.78 is 0. The highest BCUT2D eigenvalue weighted by Crippen LogP contribution is 2.13. The third kappa shape index (κ3) is 4.83. The largest absolute Gasteiger partial charge is 0.370 e. The molecule has 2 heterocycles. The van der Waals surface area contributed by atoms with Gasteiger partial charge in [-0.1, -0.05) is 23.7 Å². The van der Waals surface area contributed by atoms with Gasteiger partial charge in [0.15, 0.2) is 0 Å². The number of nitrogens with one attached hydrogen (secondary N) is 1. The Balaban J connectivity index is 1.52. The summed E-state index contributed by atoms with van der Waals surface area (Å²) in [5, 5.41) is 3.48. The van der Waals surface area contributed by atoms with Gasteiger partial charge in [-0.25, -0.2) is 4.98 Å². The summed E-state index contributed by atoms with van der Waals surface area (Å²) in [6.45, 7) is 4.09. The number of benzene rings is 1. The first-order chi connectivity index (χ1) is 12.5. The second-order valence-corrected chi connectivity index (χ2v) is 6.79. The highest BCUT2D eigenvalue weighted by Gasteiger charge is 2.20. The van der Waals surface area contributed by atoms with E-state index in [2.05, 4.69) is 27.2 Å². The van der Waals surface area contributed by atoms with E-state index in [0.717, 1.165) is 43.7 Å². The fourth-order valence-electron chi connectivity index (χ4n) is 2.87. The average molecular weight is 375 g/mol. The minimum Gasteiger partial charge on any atom is -0.370 e. The highest BCUT2D eigenvalue weighted by molar-refractivity contribution is 6.29. The first-order valence-corrected chi connectivity index (χ1v) is 9.00. The standard InChI is InChI=1S/C18H23ClN6O/c1-24-8-10-25(11-9-24)17(26)14-4-2-13(3-5-14)6-7-21-16-12-15(19)22-18(20)23-16/h2-5,12H,6-11H2,1H3,(H3,20,21,22,23). The summed E-state index contributed by atoms with van der Waals surface area (Å²) in [4.78, 5) is 24.6. The first-order valence-electron chi connectivity index (χ1n) is 8.62. The number of anilines is 2. The van der Waals surface area contributed by atoms with E-state index < -0.39 is 0 Å². The molecule has 0 bridgehead atoms. The summed E-state index contributed by atoms with van der Waals surface area (Å²) in [5.74, 6) is 0.852. The van der Waals surface area contributed by atoms with Crippen LogP contribution in [0.25, 0.3) is 0 Å². The number of nitrogen functional groups attached to an aromatic ring is 1. The van der Waals surface area contributed by atoms with Crippen molar-refractivity contribution in [3.05, 3.63) is 46.6 Å². The van der Waals surface area contributed by atoms with Crippen LogP contribution in [0.2, 0.25) is 5.15 Å². The van der Waals surface area contributed by atoms with Gasteiger partial charge >= 0.3 is 0 Å². The molecular formula is C18H23ClN6O. The summed E-state index contributed by atoms with van der Waals surface area (Å²) >= 11 is 5.86. The maximum Gasteiger partial charge on any atom is 0.253 e. The quantitative estimate of drug-likeness (QED) is 0.775. The molecule has 3 N–H and O–H groups in total. The number of amides is 1. The molecule has 1 aliphatic heterocycles. The molecule has 7 nitrogen and oxygen atoms in total. The molecule has 3 rings (SSSR count). The zero-order chi connectivity index (χ0) is 18.5. The van der Waals surface area contributed by atoms with Crippen LogP contribution < -0.4 is 11.1 Å². The monoisotopic (exact) mass is 374 g/mol. The number of likely N-dealkylation sites (N-methyl/N-ethyl adjacent to an activating group) is 1. The van der Waals surface area contributed by atoms with Crippen LogP contribution in [0.5, 0.6) is 0 Å². The summed E-state index contributed by atoms with van der Waals surface area (Å²) in [7, 11) is 2.08. The summed E-state index contributed by atoms with van der Waals surface area (Å²) in [5.41, 5.74) is 7.45. The number of nitrogens with two attached hydrogens (primary N) is 1. The zero-order valence-corrected chi connectivity index (χ0v) is 15.5. The number of piperazine rings is 1. The van der Waals surface area contributed by atoms with E-state index in [9.17, 15) is 4.79 Å². The van der Waals surface area contributed by atoms with E-state index in [0.29, 0.717) is 17.5 Å². The van der Waals surface area contributed by atoms with Crippen LogP contribution in [0.1, 0.15) is 15.9 Å². The van der Waals surface area contributed by atoms with Gasteiger partial charge in [-0.05, 0) is 31.2 Å². The van der Waals surface area contributed by atoms with Gasteiger partial charge in [0.05, 0.1) is 0 Å². The minimum absolute atomic E-state index is 0.105. The molecule has 0 atom stereocenters. The SMILES string of the molecule is CN1CCN(C(=O)c2ccc(CCNc3cc(Cl)nc(N)n3)cc2)CC1. The van der Waals surface area contributed by atoms with Crippen LogP contribution in [0.15, 0.2) is 30.3 Å². The Labute approximate surface area is 158 Å². The topological polar surface area (TPSA) is 87.4 Å². The van der Waals surface area contributed by atoms with Crippen LogP contribution in [0.3, 0.4) is 0 Å². The number of nitrogens with zero attached hydrogens (tertiary/aromatic N) is 4. The predicted octanol–water partition coefficient (Wildman–Crippen LogP) is 1.75. The number of aromatic nitrogens is 2. The normalized spacial score (nSPS) is 15.1. The molecule has 0 unspecified atom stereocenters. The van der Waals surface area contributed by atoms with E-state index in [4.69, 9.17) is 17.3 Å². The van der Waals surface area contributed by atoms with E-state index in [1.165, 1.54) is 0 Å². The van der Waals surface area contributed by atoms with Crippen molar-refractivity contribution < 1.29 is 4.79 Å².